The first-order valence-electron chi connectivity index (χ1n) is 4.77. The van der Waals surface area contributed by atoms with Crippen molar-refractivity contribution in [1.29, 1.82) is 5.26 Å². The minimum atomic E-state index is -0.368. The molecule has 0 radical (unpaired) electrons. The summed E-state index contributed by atoms with van der Waals surface area (Å²) in [6, 6.07) is 7.15. The summed E-state index contributed by atoms with van der Waals surface area (Å²) in [5.74, 6) is 0. The van der Waals surface area contributed by atoms with Gasteiger partial charge in [-0.1, -0.05) is 6.07 Å². The Morgan fingerprint density at radius 3 is 3.00 bits per heavy atom. The van der Waals surface area contributed by atoms with E-state index in [9.17, 15) is 4.79 Å². The summed E-state index contributed by atoms with van der Waals surface area (Å²) in [7, 11) is 0. The second-order valence-electron chi connectivity index (χ2n) is 3.38. The Hall–Kier alpha value is -2.41. The van der Waals surface area contributed by atoms with Gasteiger partial charge in [-0.2, -0.15) is 5.26 Å². The predicted octanol–water partition coefficient (Wildman–Crippen LogP) is 1.62. The third-order valence-electron chi connectivity index (χ3n) is 2.34. The minimum absolute atomic E-state index is 0.112. The summed E-state index contributed by atoms with van der Waals surface area (Å²) in [5.41, 5.74) is 2.31. The van der Waals surface area contributed by atoms with Gasteiger partial charge in [0.15, 0.2) is 0 Å². The summed E-state index contributed by atoms with van der Waals surface area (Å²) >= 11 is 0. The van der Waals surface area contributed by atoms with E-state index in [0.29, 0.717) is 0 Å². The van der Waals surface area contributed by atoms with E-state index in [1.807, 2.05) is 25.1 Å². The topological polar surface area (TPSA) is 69.5 Å². The molecule has 0 aromatic carbocycles. The van der Waals surface area contributed by atoms with E-state index < -0.39 is 0 Å². The number of hydrogen-bond donors (Lipinski definition) is 1. The van der Waals surface area contributed by atoms with Crippen LogP contribution in [0.3, 0.4) is 0 Å². The number of nitrogens with zero attached hydrogens (tertiary/aromatic N) is 2. The minimum Gasteiger partial charge on any atom is -0.327 e. The molecule has 16 heavy (non-hydrogen) atoms. The van der Waals surface area contributed by atoms with Crippen molar-refractivity contribution < 1.29 is 0 Å². The fourth-order valence-corrected chi connectivity index (χ4v) is 1.51. The maximum Gasteiger partial charge on any atom is 0.265 e. The fraction of sp³-hybridized carbons (Fsp3) is 0.0833. The molecule has 0 amide bonds. The first-order chi connectivity index (χ1) is 7.72. The lowest BCUT2D eigenvalue weighted by molar-refractivity contribution is 1.18. The van der Waals surface area contributed by atoms with Gasteiger partial charge in [-0.15, -0.1) is 0 Å². The highest BCUT2D eigenvalue weighted by Gasteiger charge is 2.05. The molecule has 0 bridgehead atoms. The maximum atomic E-state index is 11.2. The van der Waals surface area contributed by atoms with Crippen molar-refractivity contribution in [2.24, 2.45) is 0 Å². The summed E-state index contributed by atoms with van der Waals surface area (Å²) in [6.45, 7) is 1.88. The molecule has 0 saturated heterocycles. The molecule has 78 valence electrons. The molecule has 0 saturated carbocycles. The Morgan fingerprint density at radius 2 is 2.31 bits per heavy atom. The molecule has 0 spiro atoms. The van der Waals surface area contributed by atoms with E-state index in [-0.39, 0.29) is 11.1 Å². The van der Waals surface area contributed by atoms with E-state index in [1.165, 1.54) is 0 Å². The van der Waals surface area contributed by atoms with Gasteiger partial charge in [-0.25, -0.2) is 0 Å². The average molecular weight is 211 g/mol. The molecule has 2 aromatic heterocycles. The maximum absolute atomic E-state index is 11.2. The molecule has 2 rings (SSSR count). The fourth-order valence-electron chi connectivity index (χ4n) is 1.51. The number of nitrogens with one attached hydrogen (secondary N) is 1. The SMILES string of the molecule is Cc1ncccc1-c1c[nH]c(=O)c(C#N)c1. The molecule has 4 heteroatoms. The molecule has 2 heterocycles. The van der Waals surface area contributed by atoms with Crippen molar-refractivity contribution in [2.45, 2.75) is 6.92 Å². The van der Waals surface area contributed by atoms with Gasteiger partial charge in [-0.3, -0.25) is 9.78 Å². The van der Waals surface area contributed by atoms with Gasteiger partial charge >= 0.3 is 0 Å². The summed E-state index contributed by atoms with van der Waals surface area (Å²) < 4.78 is 0. The van der Waals surface area contributed by atoms with E-state index in [2.05, 4.69) is 9.97 Å². The highest BCUT2D eigenvalue weighted by Crippen LogP contribution is 2.20. The molecule has 1 N–H and O–H groups in total. The molecule has 0 fully saturated rings. The lowest BCUT2D eigenvalue weighted by Crippen LogP contribution is -2.09. The molecular weight excluding hydrogens is 202 g/mol. The van der Waals surface area contributed by atoms with Crippen molar-refractivity contribution in [3.8, 4) is 17.2 Å². The average Bonchev–Trinajstić information content (AvgIpc) is 2.31. The number of nitriles is 1. The zero-order chi connectivity index (χ0) is 11.5. The van der Waals surface area contributed by atoms with E-state index in [0.717, 1.165) is 16.8 Å². The van der Waals surface area contributed by atoms with Crippen LogP contribution in [0.2, 0.25) is 0 Å². The Kier molecular flexibility index (Phi) is 2.52. The second-order valence-corrected chi connectivity index (χ2v) is 3.38. The van der Waals surface area contributed by atoms with Crippen LogP contribution in [-0.4, -0.2) is 9.97 Å². The number of aromatic amines is 1. The van der Waals surface area contributed by atoms with Crippen LogP contribution >= 0.6 is 0 Å². The van der Waals surface area contributed by atoms with Crippen LogP contribution in [0.25, 0.3) is 11.1 Å². The van der Waals surface area contributed by atoms with Crippen LogP contribution in [0.1, 0.15) is 11.3 Å². The number of H-pyrrole nitrogens is 1. The first kappa shape index (κ1) is 10.1. The van der Waals surface area contributed by atoms with Crippen LogP contribution in [0, 0.1) is 18.3 Å². The molecule has 0 aliphatic carbocycles. The van der Waals surface area contributed by atoms with Crippen molar-refractivity contribution >= 4 is 0 Å². The van der Waals surface area contributed by atoms with Crippen molar-refractivity contribution in [3.05, 3.63) is 52.2 Å². The standard InChI is InChI=1S/C12H9N3O/c1-8-11(3-2-4-14-8)10-5-9(6-13)12(16)15-7-10/h2-5,7H,1H3,(H,15,16). The van der Waals surface area contributed by atoms with Gasteiger partial charge in [0.25, 0.3) is 5.56 Å². The quantitative estimate of drug-likeness (QED) is 0.779. The number of pyridine rings is 2. The lowest BCUT2D eigenvalue weighted by Gasteiger charge is -2.04. The summed E-state index contributed by atoms with van der Waals surface area (Å²) in [6.07, 6.45) is 3.29. The lowest BCUT2D eigenvalue weighted by atomic mass is 10.1. The molecular formula is C12H9N3O. The van der Waals surface area contributed by atoms with E-state index >= 15 is 0 Å². The van der Waals surface area contributed by atoms with Crippen LogP contribution in [-0.2, 0) is 0 Å². The van der Waals surface area contributed by atoms with Gasteiger partial charge in [0.2, 0.25) is 0 Å². The summed E-state index contributed by atoms with van der Waals surface area (Å²) in [5, 5.41) is 8.77. The third kappa shape index (κ3) is 1.71. The third-order valence-corrected chi connectivity index (χ3v) is 2.34. The highest BCUT2D eigenvalue weighted by molar-refractivity contribution is 5.65. The normalized spacial score (nSPS) is 9.75. The largest absolute Gasteiger partial charge is 0.327 e. The predicted molar refractivity (Wildman–Crippen MR) is 59.7 cm³/mol. The van der Waals surface area contributed by atoms with Gasteiger partial charge in [0, 0.05) is 29.2 Å². The number of hydrogen-bond acceptors (Lipinski definition) is 3. The molecule has 0 aliphatic heterocycles. The first-order valence-corrected chi connectivity index (χ1v) is 4.77. The Bertz CT molecular complexity index is 623. The van der Waals surface area contributed by atoms with Crippen molar-refractivity contribution in [2.75, 3.05) is 0 Å². The Morgan fingerprint density at radius 1 is 1.50 bits per heavy atom. The van der Waals surface area contributed by atoms with Crippen LogP contribution in [0.15, 0.2) is 35.4 Å². The number of rotatable bonds is 1. The Balaban J connectivity index is 2.63. The number of aryl methyl sites for hydroxylation is 1. The smallest absolute Gasteiger partial charge is 0.265 e. The van der Waals surface area contributed by atoms with Gasteiger partial charge in [0.1, 0.15) is 11.6 Å². The van der Waals surface area contributed by atoms with Crippen LogP contribution in [0.4, 0.5) is 0 Å². The highest BCUT2D eigenvalue weighted by atomic mass is 16.1. The molecule has 0 unspecified atom stereocenters. The summed E-state index contributed by atoms with van der Waals surface area (Å²) in [4.78, 5) is 17.9. The van der Waals surface area contributed by atoms with Crippen LogP contribution in [0.5, 0.6) is 0 Å². The monoisotopic (exact) mass is 211 g/mol. The molecule has 4 nitrogen and oxygen atoms in total. The van der Waals surface area contributed by atoms with E-state index in [4.69, 9.17) is 5.26 Å². The zero-order valence-electron chi connectivity index (χ0n) is 8.69. The second kappa shape index (κ2) is 3.99. The van der Waals surface area contributed by atoms with E-state index in [1.54, 1.807) is 18.5 Å². The van der Waals surface area contributed by atoms with Gasteiger partial charge in [0.05, 0.1) is 0 Å². The van der Waals surface area contributed by atoms with Gasteiger partial charge in [-0.05, 0) is 19.1 Å². The molecule has 2 aromatic rings. The molecule has 0 atom stereocenters. The zero-order valence-corrected chi connectivity index (χ0v) is 8.69. The Labute approximate surface area is 92.2 Å². The number of aromatic nitrogens is 2. The van der Waals surface area contributed by atoms with Gasteiger partial charge < -0.3 is 4.98 Å². The van der Waals surface area contributed by atoms with Crippen molar-refractivity contribution in [1.82, 2.24) is 9.97 Å². The molecule has 0 aliphatic rings. The van der Waals surface area contributed by atoms with Crippen LogP contribution < -0.4 is 5.56 Å². The van der Waals surface area contributed by atoms with Crippen molar-refractivity contribution in [3.63, 3.8) is 0 Å².